The van der Waals surface area contributed by atoms with Crippen LogP contribution in [0.4, 0.5) is 5.69 Å². The van der Waals surface area contributed by atoms with E-state index in [2.05, 4.69) is 15.5 Å². The van der Waals surface area contributed by atoms with E-state index in [9.17, 15) is 9.59 Å². The summed E-state index contributed by atoms with van der Waals surface area (Å²) in [5.74, 6) is -1.12. The number of H-pyrrole nitrogens is 1. The van der Waals surface area contributed by atoms with Gasteiger partial charge in [-0.2, -0.15) is 5.10 Å². The predicted molar refractivity (Wildman–Crippen MR) is 78.4 cm³/mol. The summed E-state index contributed by atoms with van der Waals surface area (Å²) in [4.78, 5) is 22.7. The standard InChI is InChI=1S/C15H17N3O3/c1-9(7-14(19)20)11-3-5-12(6-4-11)17-15(21)13-8-16-18-10(13)2/h3-6,8-9H,7H2,1-2H3,(H,16,18)(H,17,21)(H,19,20). The van der Waals surface area contributed by atoms with Crippen molar-refractivity contribution < 1.29 is 14.7 Å². The average molecular weight is 287 g/mol. The zero-order valence-corrected chi connectivity index (χ0v) is 11.9. The number of carboxylic acids is 1. The topological polar surface area (TPSA) is 95.1 Å². The molecule has 0 saturated carbocycles. The van der Waals surface area contributed by atoms with Crippen LogP contribution < -0.4 is 5.32 Å². The molecule has 0 aliphatic carbocycles. The van der Waals surface area contributed by atoms with Gasteiger partial charge in [-0.1, -0.05) is 19.1 Å². The molecule has 0 radical (unpaired) electrons. The maximum absolute atomic E-state index is 12.0. The Morgan fingerprint density at radius 1 is 1.33 bits per heavy atom. The molecule has 0 bridgehead atoms. The first-order valence-electron chi connectivity index (χ1n) is 6.60. The molecule has 6 heteroatoms. The number of aryl methyl sites for hydroxylation is 1. The van der Waals surface area contributed by atoms with Gasteiger partial charge < -0.3 is 10.4 Å². The first-order chi connectivity index (χ1) is 9.97. The number of anilines is 1. The Morgan fingerprint density at radius 2 is 2.00 bits per heavy atom. The van der Waals surface area contributed by atoms with Gasteiger partial charge in [0.25, 0.3) is 5.91 Å². The van der Waals surface area contributed by atoms with Gasteiger partial charge in [0.05, 0.1) is 18.2 Å². The first-order valence-corrected chi connectivity index (χ1v) is 6.60. The highest BCUT2D eigenvalue weighted by Crippen LogP contribution is 2.21. The number of nitrogens with zero attached hydrogens (tertiary/aromatic N) is 1. The van der Waals surface area contributed by atoms with E-state index in [1.54, 1.807) is 19.1 Å². The van der Waals surface area contributed by atoms with Crippen LogP contribution in [0.1, 0.15) is 40.9 Å². The van der Waals surface area contributed by atoms with Crippen molar-refractivity contribution in [2.24, 2.45) is 0 Å². The molecule has 0 saturated heterocycles. The fraction of sp³-hybridized carbons (Fsp3) is 0.267. The van der Waals surface area contributed by atoms with Crippen LogP contribution in [-0.2, 0) is 4.79 Å². The number of aromatic nitrogens is 2. The normalized spacial score (nSPS) is 11.9. The van der Waals surface area contributed by atoms with Gasteiger partial charge in [0.15, 0.2) is 0 Å². The van der Waals surface area contributed by atoms with Gasteiger partial charge in [-0.3, -0.25) is 14.7 Å². The molecule has 0 spiro atoms. The molecule has 0 aliphatic rings. The third-order valence-electron chi connectivity index (χ3n) is 3.29. The molecule has 1 aromatic heterocycles. The molecule has 1 heterocycles. The van der Waals surface area contributed by atoms with Gasteiger partial charge in [-0.25, -0.2) is 0 Å². The Morgan fingerprint density at radius 3 is 2.52 bits per heavy atom. The number of aliphatic carboxylic acids is 1. The number of benzene rings is 1. The van der Waals surface area contributed by atoms with E-state index < -0.39 is 5.97 Å². The summed E-state index contributed by atoms with van der Waals surface area (Å²) in [5, 5.41) is 18.1. The lowest BCUT2D eigenvalue weighted by atomic mass is 9.98. The molecule has 0 aliphatic heterocycles. The number of nitrogens with one attached hydrogen (secondary N) is 2. The molecule has 3 N–H and O–H groups in total. The molecule has 0 fully saturated rings. The van der Waals surface area contributed by atoms with Crippen molar-refractivity contribution in [2.75, 3.05) is 5.32 Å². The lowest BCUT2D eigenvalue weighted by Crippen LogP contribution is -2.12. The van der Waals surface area contributed by atoms with Crippen LogP contribution in [0.2, 0.25) is 0 Å². The van der Waals surface area contributed by atoms with E-state index in [4.69, 9.17) is 5.11 Å². The van der Waals surface area contributed by atoms with Gasteiger partial charge in [0, 0.05) is 11.4 Å². The summed E-state index contributed by atoms with van der Waals surface area (Å²) in [6.07, 6.45) is 1.56. The number of carbonyl (C=O) groups excluding carboxylic acids is 1. The number of hydrogen-bond acceptors (Lipinski definition) is 3. The zero-order valence-electron chi connectivity index (χ0n) is 11.9. The molecular formula is C15H17N3O3. The van der Waals surface area contributed by atoms with Crippen LogP contribution in [0, 0.1) is 6.92 Å². The molecule has 110 valence electrons. The monoisotopic (exact) mass is 287 g/mol. The van der Waals surface area contributed by atoms with Crippen LogP contribution in [0.3, 0.4) is 0 Å². The van der Waals surface area contributed by atoms with Crippen LogP contribution in [0.15, 0.2) is 30.5 Å². The molecule has 1 aromatic carbocycles. The molecular weight excluding hydrogens is 270 g/mol. The summed E-state index contributed by atoms with van der Waals surface area (Å²) >= 11 is 0. The van der Waals surface area contributed by atoms with E-state index in [1.165, 1.54) is 6.20 Å². The minimum absolute atomic E-state index is 0.0663. The van der Waals surface area contributed by atoms with Crippen molar-refractivity contribution in [1.82, 2.24) is 10.2 Å². The van der Waals surface area contributed by atoms with Crippen LogP contribution in [0.5, 0.6) is 0 Å². The largest absolute Gasteiger partial charge is 0.481 e. The molecule has 6 nitrogen and oxygen atoms in total. The average Bonchev–Trinajstić information content (AvgIpc) is 2.85. The second-order valence-electron chi connectivity index (χ2n) is 4.98. The molecule has 1 unspecified atom stereocenters. The number of hydrogen-bond donors (Lipinski definition) is 3. The van der Waals surface area contributed by atoms with Crippen molar-refractivity contribution in [1.29, 1.82) is 0 Å². The van der Waals surface area contributed by atoms with E-state index in [-0.39, 0.29) is 18.2 Å². The maximum Gasteiger partial charge on any atom is 0.303 e. The summed E-state index contributed by atoms with van der Waals surface area (Å²) in [6.45, 7) is 3.63. The predicted octanol–water partition coefficient (Wildman–Crippen LogP) is 2.55. The minimum Gasteiger partial charge on any atom is -0.481 e. The van der Waals surface area contributed by atoms with Gasteiger partial charge in [-0.15, -0.1) is 0 Å². The second-order valence-corrected chi connectivity index (χ2v) is 4.98. The summed E-state index contributed by atoms with van der Waals surface area (Å²) < 4.78 is 0. The zero-order chi connectivity index (χ0) is 15.4. The highest BCUT2D eigenvalue weighted by atomic mass is 16.4. The van der Waals surface area contributed by atoms with Crippen LogP contribution in [0.25, 0.3) is 0 Å². The molecule has 1 amide bonds. The van der Waals surface area contributed by atoms with Crippen molar-refractivity contribution >= 4 is 17.6 Å². The van der Waals surface area contributed by atoms with Gasteiger partial charge in [-0.05, 0) is 30.5 Å². The molecule has 1 atom stereocenters. The summed E-state index contributed by atoms with van der Waals surface area (Å²) in [6, 6.07) is 7.18. The SMILES string of the molecule is Cc1[nH]ncc1C(=O)Nc1ccc(C(C)CC(=O)O)cc1. The molecule has 2 rings (SSSR count). The Hall–Kier alpha value is -2.63. The highest BCUT2D eigenvalue weighted by Gasteiger charge is 2.12. The minimum atomic E-state index is -0.824. The highest BCUT2D eigenvalue weighted by molar-refractivity contribution is 6.04. The van der Waals surface area contributed by atoms with Crippen molar-refractivity contribution in [3.63, 3.8) is 0 Å². The molecule has 2 aromatic rings. The number of aromatic amines is 1. The van der Waals surface area contributed by atoms with Crippen molar-refractivity contribution in [2.45, 2.75) is 26.2 Å². The third-order valence-corrected chi connectivity index (χ3v) is 3.29. The van der Waals surface area contributed by atoms with Crippen LogP contribution >= 0.6 is 0 Å². The Balaban J connectivity index is 2.04. The molecule has 21 heavy (non-hydrogen) atoms. The number of carboxylic acid groups (broad SMARTS) is 1. The van der Waals surface area contributed by atoms with E-state index in [0.29, 0.717) is 16.9 Å². The number of rotatable bonds is 5. The Labute approximate surface area is 122 Å². The quantitative estimate of drug-likeness (QED) is 0.787. The van der Waals surface area contributed by atoms with E-state index in [0.717, 1.165) is 5.56 Å². The Bertz CT molecular complexity index is 646. The fourth-order valence-corrected chi connectivity index (χ4v) is 2.05. The van der Waals surface area contributed by atoms with Gasteiger partial charge >= 0.3 is 5.97 Å². The lowest BCUT2D eigenvalue weighted by molar-refractivity contribution is -0.137. The second kappa shape index (κ2) is 6.21. The Kier molecular flexibility index (Phi) is 4.37. The van der Waals surface area contributed by atoms with Gasteiger partial charge in [0.2, 0.25) is 0 Å². The number of carbonyl (C=O) groups is 2. The van der Waals surface area contributed by atoms with Crippen LogP contribution in [-0.4, -0.2) is 27.2 Å². The van der Waals surface area contributed by atoms with Gasteiger partial charge in [0.1, 0.15) is 0 Å². The van der Waals surface area contributed by atoms with Crippen molar-refractivity contribution in [3.8, 4) is 0 Å². The van der Waals surface area contributed by atoms with E-state index >= 15 is 0 Å². The van der Waals surface area contributed by atoms with E-state index in [1.807, 2.05) is 19.1 Å². The lowest BCUT2D eigenvalue weighted by Gasteiger charge is -2.10. The maximum atomic E-state index is 12.0. The third kappa shape index (κ3) is 3.68. The fourth-order valence-electron chi connectivity index (χ4n) is 2.05. The van der Waals surface area contributed by atoms with Crippen molar-refractivity contribution in [3.05, 3.63) is 47.3 Å². The number of amides is 1. The first kappa shape index (κ1) is 14.8. The summed E-state index contributed by atoms with van der Waals surface area (Å²) in [7, 11) is 0. The smallest absolute Gasteiger partial charge is 0.303 e. The summed E-state index contributed by atoms with van der Waals surface area (Å²) in [5.41, 5.74) is 2.79.